The van der Waals surface area contributed by atoms with Crippen molar-refractivity contribution in [2.75, 3.05) is 5.73 Å². The van der Waals surface area contributed by atoms with Crippen molar-refractivity contribution in [2.45, 2.75) is 0 Å². The molecule has 6 heteroatoms. The van der Waals surface area contributed by atoms with Crippen molar-refractivity contribution in [3.63, 3.8) is 0 Å². The first-order valence-corrected chi connectivity index (χ1v) is 6.11. The average molecular weight is 274 g/mol. The highest BCUT2D eigenvalue weighted by Gasteiger charge is 2.11. The van der Waals surface area contributed by atoms with E-state index in [2.05, 4.69) is 10.2 Å². The lowest BCUT2D eigenvalue weighted by Gasteiger charge is -2.00. The van der Waals surface area contributed by atoms with Gasteiger partial charge in [0.25, 0.3) is 0 Å². The standard InChI is InChI=1S/C13H12ClN5/c1-18-7-9(6-16-18)13-12(15)8-19(17-13)11-4-2-10(14)3-5-11/h2-8H,15H2,1H3. The maximum atomic E-state index is 6.00. The molecule has 0 saturated heterocycles. The molecule has 3 aromatic rings. The summed E-state index contributed by atoms with van der Waals surface area (Å²) in [5.41, 5.74) is 9.15. The molecule has 0 fully saturated rings. The Labute approximate surface area is 115 Å². The van der Waals surface area contributed by atoms with Crippen molar-refractivity contribution >= 4 is 17.3 Å². The summed E-state index contributed by atoms with van der Waals surface area (Å²) in [6.45, 7) is 0. The Hall–Kier alpha value is -2.27. The number of aryl methyl sites for hydroxylation is 1. The van der Waals surface area contributed by atoms with E-state index in [1.54, 1.807) is 21.8 Å². The first-order chi connectivity index (χ1) is 9.13. The van der Waals surface area contributed by atoms with Gasteiger partial charge in [-0.1, -0.05) is 11.6 Å². The molecule has 96 valence electrons. The monoisotopic (exact) mass is 273 g/mol. The van der Waals surface area contributed by atoms with E-state index in [4.69, 9.17) is 17.3 Å². The van der Waals surface area contributed by atoms with Crippen LogP contribution in [0.2, 0.25) is 5.02 Å². The van der Waals surface area contributed by atoms with Crippen molar-refractivity contribution in [2.24, 2.45) is 7.05 Å². The van der Waals surface area contributed by atoms with Crippen LogP contribution in [-0.4, -0.2) is 19.6 Å². The van der Waals surface area contributed by atoms with Crippen LogP contribution in [0, 0.1) is 0 Å². The minimum Gasteiger partial charge on any atom is -0.396 e. The lowest BCUT2D eigenvalue weighted by Crippen LogP contribution is -1.94. The van der Waals surface area contributed by atoms with Gasteiger partial charge < -0.3 is 5.73 Å². The summed E-state index contributed by atoms with van der Waals surface area (Å²) in [5.74, 6) is 0. The summed E-state index contributed by atoms with van der Waals surface area (Å²) < 4.78 is 3.45. The van der Waals surface area contributed by atoms with Gasteiger partial charge in [0.05, 0.1) is 23.8 Å². The number of benzene rings is 1. The minimum atomic E-state index is 0.614. The van der Waals surface area contributed by atoms with E-state index in [1.165, 1.54) is 0 Å². The van der Waals surface area contributed by atoms with Crippen LogP contribution in [0.4, 0.5) is 5.69 Å². The fourth-order valence-electron chi connectivity index (χ4n) is 1.88. The largest absolute Gasteiger partial charge is 0.396 e. The van der Waals surface area contributed by atoms with Crippen LogP contribution >= 0.6 is 11.6 Å². The number of rotatable bonds is 2. The maximum Gasteiger partial charge on any atom is 0.119 e. The normalized spacial score (nSPS) is 10.8. The third-order valence-electron chi connectivity index (χ3n) is 2.81. The van der Waals surface area contributed by atoms with Crippen molar-refractivity contribution in [1.29, 1.82) is 0 Å². The van der Waals surface area contributed by atoms with E-state index >= 15 is 0 Å². The second-order valence-electron chi connectivity index (χ2n) is 4.26. The minimum absolute atomic E-state index is 0.614. The third-order valence-corrected chi connectivity index (χ3v) is 3.06. The van der Waals surface area contributed by atoms with E-state index in [9.17, 15) is 0 Å². The topological polar surface area (TPSA) is 61.7 Å². The third kappa shape index (κ3) is 2.20. The van der Waals surface area contributed by atoms with Gasteiger partial charge >= 0.3 is 0 Å². The highest BCUT2D eigenvalue weighted by atomic mass is 35.5. The fourth-order valence-corrected chi connectivity index (χ4v) is 2.01. The van der Waals surface area contributed by atoms with Crippen LogP contribution in [0.25, 0.3) is 16.9 Å². The molecule has 5 nitrogen and oxygen atoms in total. The van der Waals surface area contributed by atoms with Gasteiger partial charge in [-0.05, 0) is 24.3 Å². The number of nitrogens with zero attached hydrogens (tertiary/aromatic N) is 4. The van der Waals surface area contributed by atoms with Gasteiger partial charge in [-0.25, -0.2) is 4.68 Å². The zero-order valence-corrected chi connectivity index (χ0v) is 11.0. The molecule has 0 atom stereocenters. The summed E-state index contributed by atoms with van der Waals surface area (Å²) in [6, 6.07) is 7.42. The highest BCUT2D eigenvalue weighted by Crippen LogP contribution is 2.25. The van der Waals surface area contributed by atoms with E-state index in [1.807, 2.05) is 37.5 Å². The lowest BCUT2D eigenvalue weighted by molar-refractivity contribution is 0.768. The van der Waals surface area contributed by atoms with Crippen molar-refractivity contribution < 1.29 is 0 Å². The summed E-state index contributed by atoms with van der Waals surface area (Å²) in [4.78, 5) is 0. The number of anilines is 1. The molecule has 2 heterocycles. The molecule has 0 amide bonds. The van der Waals surface area contributed by atoms with E-state index in [0.717, 1.165) is 16.9 Å². The second-order valence-corrected chi connectivity index (χ2v) is 4.69. The Morgan fingerprint density at radius 2 is 1.89 bits per heavy atom. The molecule has 0 spiro atoms. The Morgan fingerprint density at radius 1 is 1.16 bits per heavy atom. The van der Waals surface area contributed by atoms with E-state index in [0.29, 0.717) is 10.7 Å². The Bertz CT molecular complexity index is 711. The molecule has 0 aliphatic carbocycles. The molecule has 0 unspecified atom stereocenters. The number of aromatic nitrogens is 4. The van der Waals surface area contributed by atoms with Crippen LogP contribution in [0.3, 0.4) is 0 Å². The van der Waals surface area contributed by atoms with Gasteiger partial charge in [-0.2, -0.15) is 10.2 Å². The molecule has 0 radical (unpaired) electrons. The number of nitrogen functional groups attached to an aromatic ring is 1. The van der Waals surface area contributed by atoms with Crippen LogP contribution in [0.5, 0.6) is 0 Å². The molecule has 0 saturated carbocycles. The maximum absolute atomic E-state index is 6.00. The van der Waals surface area contributed by atoms with Crippen molar-refractivity contribution in [3.8, 4) is 16.9 Å². The molecule has 1 aromatic carbocycles. The summed E-state index contributed by atoms with van der Waals surface area (Å²) >= 11 is 5.87. The zero-order chi connectivity index (χ0) is 13.4. The van der Waals surface area contributed by atoms with Gasteiger partial charge in [0.1, 0.15) is 5.69 Å². The summed E-state index contributed by atoms with van der Waals surface area (Å²) in [7, 11) is 1.86. The van der Waals surface area contributed by atoms with Crippen molar-refractivity contribution in [1.82, 2.24) is 19.6 Å². The van der Waals surface area contributed by atoms with Gasteiger partial charge in [0.15, 0.2) is 0 Å². The highest BCUT2D eigenvalue weighted by molar-refractivity contribution is 6.30. The molecular formula is C13H12ClN5. The molecular weight excluding hydrogens is 262 g/mol. The molecule has 2 aromatic heterocycles. The SMILES string of the molecule is Cn1cc(-c2nn(-c3ccc(Cl)cc3)cc2N)cn1. The number of hydrogen-bond donors (Lipinski definition) is 1. The van der Waals surface area contributed by atoms with Crippen LogP contribution in [-0.2, 0) is 7.05 Å². The molecule has 2 N–H and O–H groups in total. The lowest BCUT2D eigenvalue weighted by atomic mass is 10.2. The quantitative estimate of drug-likeness (QED) is 0.780. The van der Waals surface area contributed by atoms with Crippen LogP contribution < -0.4 is 5.73 Å². The van der Waals surface area contributed by atoms with Gasteiger partial charge in [-0.15, -0.1) is 0 Å². The van der Waals surface area contributed by atoms with Crippen LogP contribution in [0.1, 0.15) is 0 Å². The first-order valence-electron chi connectivity index (χ1n) is 5.73. The van der Waals surface area contributed by atoms with Gasteiger partial charge in [0.2, 0.25) is 0 Å². The molecule has 19 heavy (non-hydrogen) atoms. The molecule has 0 aliphatic rings. The van der Waals surface area contributed by atoms with E-state index < -0.39 is 0 Å². The van der Waals surface area contributed by atoms with Gasteiger partial charge in [-0.3, -0.25) is 4.68 Å². The number of halogens is 1. The Balaban J connectivity index is 2.04. The fraction of sp³-hybridized carbons (Fsp3) is 0.0769. The molecule has 0 bridgehead atoms. The van der Waals surface area contributed by atoms with Crippen molar-refractivity contribution in [3.05, 3.63) is 47.9 Å². The van der Waals surface area contributed by atoms with E-state index in [-0.39, 0.29) is 0 Å². The number of nitrogens with two attached hydrogens (primary N) is 1. The number of hydrogen-bond acceptors (Lipinski definition) is 3. The Kier molecular flexibility index (Phi) is 2.76. The summed E-state index contributed by atoms with van der Waals surface area (Å²) in [6.07, 6.45) is 5.40. The zero-order valence-electron chi connectivity index (χ0n) is 10.3. The average Bonchev–Trinajstić information content (AvgIpc) is 2.96. The smallest absolute Gasteiger partial charge is 0.119 e. The molecule has 0 aliphatic heterocycles. The summed E-state index contributed by atoms with van der Waals surface area (Å²) in [5, 5.41) is 9.30. The predicted octanol–water partition coefficient (Wildman–Crippen LogP) is 2.51. The van der Waals surface area contributed by atoms with Crippen LogP contribution in [0.15, 0.2) is 42.9 Å². The molecule has 3 rings (SSSR count). The first kappa shape index (κ1) is 11.8. The Morgan fingerprint density at radius 3 is 2.53 bits per heavy atom. The second kappa shape index (κ2) is 4.44. The predicted molar refractivity (Wildman–Crippen MR) is 75.2 cm³/mol. The van der Waals surface area contributed by atoms with Gasteiger partial charge in [0, 0.05) is 23.8 Å².